The third kappa shape index (κ3) is 5.32. The second kappa shape index (κ2) is 11.2. The summed E-state index contributed by atoms with van der Waals surface area (Å²) in [5.41, 5.74) is 2.12. The molecule has 5 nitrogen and oxygen atoms in total. The average Bonchev–Trinajstić information content (AvgIpc) is 3.21. The fourth-order valence-corrected chi connectivity index (χ4v) is 5.39. The van der Waals surface area contributed by atoms with E-state index in [0.717, 1.165) is 22.8 Å². The Morgan fingerprint density at radius 1 is 1.05 bits per heavy atom. The quantitative estimate of drug-likeness (QED) is 0.194. The van der Waals surface area contributed by atoms with Gasteiger partial charge in [0.2, 0.25) is 0 Å². The summed E-state index contributed by atoms with van der Waals surface area (Å²) in [5.74, 6) is -0.339. The van der Waals surface area contributed by atoms with Gasteiger partial charge in [0, 0.05) is 16.8 Å². The van der Waals surface area contributed by atoms with E-state index in [-0.39, 0.29) is 17.6 Å². The van der Waals surface area contributed by atoms with Crippen molar-refractivity contribution in [3.8, 4) is 5.75 Å². The smallest absolute Gasteiger partial charge is 0.270 e. The predicted molar refractivity (Wildman–Crippen MR) is 156 cm³/mol. The summed E-state index contributed by atoms with van der Waals surface area (Å²) in [4.78, 5) is 28.3. The van der Waals surface area contributed by atoms with Crippen LogP contribution in [0.1, 0.15) is 29.3 Å². The second-order valence-electron chi connectivity index (χ2n) is 8.58. The molecule has 4 aromatic carbocycles. The molecule has 0 radical (unpaired) electrons. The number of hydrogen-bond donors (Lipinski definition) is 1. The van der Waals surface area contributed by atoms with Crippen LogP contribution in [0.2, 0.25) is 0 Å². The van der Waals surface area contributed by atoms with Crippen LogP contribution >= 0.6 is 24.0 Å². The van der Waals surface area contributed by atoms with E-state index in [0.29, 0.717) is 38.5 Å². The lowest BCUT2D eigenvalue weighted by Gasteiger charge is -2.16. The minimum Gasteiger partial charge on any atom is -0.493 e. The molecule has 1 aliphatic heterocycles. The molecule has 0 saturated carbocycles. The van der Waals surface area contributed by atoms with Gasteiger partial charge in [-0.05, 0) is 71.8 Å². The SMILES string of the molecule is CCCOc1ccc2ccccc2c1/C=C1/SC(=S)N(c2cccc(C(=O)Nc3ccc(F)cc3)c2)C1=O. The zero-order valence-corrected chi connectivity index (χ0v) is 22.1. The van der Waals surface area contributed by atoms with Crippen LogP contribution in [0.4, 0.5) is 15.8 Å². The molecule has 5 rings (SSSR count). The number of amides is 2. The van der Waals surface area contributed by atoms with Crippen LogP contribution in [-0.4, -0.2) is 22.7 Å². The predicted octanol–water partition coefficient (Wildman–Crippen LogP) is 7.43. The summed E-state index contributed by atoms with van der Waals surface area (Å²) < 4.78 is 19.6. The van der Waals surface area contributed by atoms with E-state index in [1.54, 1.807) is 24.3 Å². The van der Waals surface area contributed by atoms with Crippen LogP contribution in [0.25, 0.3) is 16.8 Å². The molecule has 0 bridgehead atoms. The highest BCUT2D eigenvalue weighted by molar-refractivity contribution is 8.27. The van der Waals surface area contributed by atoms with Gasteiger partial charge in [-0.2, -0.15) is 0 Å². The Kier molecular flexibility index (Phi) is 7.53. The number of fused-ring (bicyclic) bond motifs is 1. The van der Waals surface area contributed by atoms with Gasteiger partial charge in [0.25, 0.3) is 11.8 Å². The Hall–Kier alpha value is -4.01. The summed E-state index contributed by atoms with van der Waals surface area (Å²) in [7, 11) is 0. The Balaban J connectivity index is 1.45. The Bertz CT molecular complexity index is 1580. The molecule has 1 aliphatic rings. The number of thiocarbonyl (C=S) groups is 1. The average molecular weight is 543 g/mol. The van der Waals surface area contributed by atoms with Crippen LogP contribution in [0, 0.1) is 5.82 Å². The number of anilines is 2. The largest absolute Gasteiger partial charge is 0.493 e. The minimum atomic E-state index is -0.389. The van der Waals surface area contributed by atoms with Crippen molar-refractivity contribution in [2.75, 3.05) is 16.8 Å². The monoisotopic (exact) mass is 542 g/mol. The van der Waals surface area contributed by atoms with Crippen molar-refractivity contribution >= 4 is 68.3 Å². The van der Waals surface area contributed by atoms with Gasteiger partial charge >= 0.3 is 0 Å². The first-order chi connectivity index (χ1) is 18.4. The van der Waals surface area contributed by atoms with Crippen LogP contribution < -0.4 is 15.0 Å². The van der Waals surface area contributed by atoms with Crippen LogP contribution in [0.15, 0.2) is 89.8 Å². The van der Waals surface area contributed by atoms with Gasteiger partial charge in [-0.1, -0.05) is 67.3 Å². The maximum atomic E-state index is 13.6. The maximum Gasteiger partial charge on any atom is 0.270 e. The molecule has 0 aliphatic carbocycles. The van der Waals surface area contributed by atoms with E-state index < -0.39 is 0 Å². The molecular formula is C30H23FN2O3S2. The molecule has 0 unspecified atom stereocenters. The number of nitrogens with one attached hydrogen (secondary N) is 1. The van der Waals surface area contributed by atoms with E-state index in [2.05, 4.69) is 5.32 Å². The molecule has 0 spiro atoms. The molecule has 2 amide bonds. The lowest BCUT2D eigenvalue weighted by atomic mass is 10.0. The Morgan fingerprint density at radius 2 is 1.84 bits per heavy atom. The molecular weight excluding hydrogens is 519 g/mol. The van der Waals surface area contributed by atoms with E-state index in [1.165, 1.54) is 40.9 Å². The molecule has 4 aromatic rings. The molecule has 8 heteroatoms. The number of hydrogen-bond acceptors (Lipinski definition) is 5. The van der Waals surface area contributed by atoms with E-state index in [4.69, 9.17) is 17.0 Å². The summed E-state index contributed by atoms with van der Waals surface area (Å²) in [6.07, 6.45) is 2.69. The number of ether oxygens (including phenoxy) is 1. The highest BCUT2D eigenvalue weighted by Crippen LogP contribution is 2.39. The molecule has 38 heavy (non-hydrogen) atoms. The zero-order valence-electron chi connectivity index (χ0n) is 20.4. The fraction of sp³-hybridized carbons (Fsp3) is 0.100. The van der Waals surface area contributed by atoms with Gasteiger partial charge in [-0.3, -0.25) is 14.5 Å². The number of rotatable bonds is 7. The molecule has 0 atom stereocenters. The third-order valence-corrected chi connectivity index (χ3v) is 7.23. The summed E-state index contributed by atoms with van der Waals surface area (Å²) in [6, 6.07) is 24.1. The normalized spacial score (nSPS) is 14.4. The first kappa shape index (κ1) is 25.6. The first-order valence-corrected chi connectivity index (χ1v) is 13.3. The molecule has 1 heterocycles. The topological polar surface area (TPSA) is 58.6 Å². The number of benzene rings is 4. The Morgan fingerprint density at radius 3 is 2.63 bits per heavy atom. The minimum absolute atomic E-state index is 0.273. The summed E-state index contributed by atoms with van der Waals surface area (Å²) >= 11 is 6.79. The van der Waals surface area contributed by atoms with Crippen LogP contribution in [0.5, 0.6) is 5.75 Å². The van der Waals surface area contributed by atoms with E-state index >= 15 is 0 Å². The second-order valence-corrected chi connectivity index (χ2v) is 10.3. The maximum absolute atomic E-state index is 13.6. The van der Waals surface area contributed by atoms with Crippen molar-refractivity contribution in [1.82, 2.24) is 0 Å². The van der Waals surface area contributed by atoms with Crippen molar-refractivity contribution in [1.29, 1.82) is 0 Å². The third-order valence-electron chi connectivity index (χ3n) is 5.93. The van der Waals surface area contributed by atoms with Crippen molar-refractivity contribution in [2.45, 2.75) is 13.3 Å². The standard InChI is InChI=1S/C30H23FN2O3S2/c1-2-16-36-26-15-10-19-6-3-4-9-24(19)25(26)18-27-29(35)33(30(37)38-27)23-8-5-7-20(17-23)28(34)32-22-13-11-21(31)12-14-22/h3-15,17-18H,2,16H2,1H3,(H,32,34)/b27-18+. The van der Waals surface area contributed by atoms with Crippen molar-refractivity contribution < 1.29 is 18.7 Å². The van der Waals surface area contributed by atoms with Gasteiger partial charge in [0.15, 0.2) is 4.32 Å². The van der Waals surface area contributed by atoms with Crippen molar-refractivity contribution in [3.05, 3.63) is 107 Å². The van der Waals surface area contributed by atoms with Gasteiger partial charge in [0.05, 0.1) is 17.2 Å². The zero-order chi connectivity index (χ0) is 26.6. The fourth-order valence-electron chi connectivity index (χ4n) is 4.11. The van der Waals surface area contributed by atoms with Gasteiger partial charge in [-0.25, -0.2) is 4.39 Å². The first-order valence-electron chi connectivity index (χ1n) is 12.0. The lowest BCUT2D eigenvalue weighted by Crippen LogP contribution is -2.27. The van der Waals surface area contributed by atoms with Gasteiger partial charge in [-0.15, -0.1) is 0 Å². The highest BCUT2D eigenvalue weighted by atomic mass is 32.2. The molecule has 1 saturated heterocycles. The number of carbonyl (C=O) groups is 2. The number of nitrogens with zero attached hydrogens (tertiary/aromatic N) is 1. The summed E-state index contributed by atoms with van der Waals surface area (Å²) in [6.45, 7) is 2.60. The van der Waals surface area contributed by atoms with Crippen molar-refractivity contribution in [3.63, 3.8) is 0 Å². The molecule has 0 aromatic heterocycles. The van der Waals surface area contributed by atoms with E-state index in [1.807, 2.05) is 49.4 Å². The van der Waals surface area contributed by atoms with Gasteiger partial charge in [0.1, 0.15) is 11.6 Å². The number of thioether (sulfide) groups is 1. The lowest BCUT2D eigenvalue weighted by molar-refractivity contribution is -0.113. The van der Waals surface area contributed by atoms with Crippen LogP contribution in [-0.2, 0) is 4.79 Å². The number of carbonyl (C=O) groups excluding carboxylic acids is 2. The van der Waals surface area contributed by atoms with Crippen LogP contribution in [0.3, 0.4) is 0 Å². The highest BCUT2D eigenvalue weighted by Gasteiger charge is 2.34. The number of halogens is 1. The molecule has 190 valence electrons. The molecule has 1 N–H and O–H groups in total. The Labute approximate surface area is 229 Å². The summed E-state index contributed by atoms with van der Waals surface area (Å²) in [5, 5.41) is 4.75. The molecule has 1 fully saturated rings. The van der Waals surface area contributed by atoms with Gasteiger partial charge < -0.3 is 10.1 Å². The van der Waals surface area contributed by atoms with E-state index in [9.17, 15) is 14.0 Å². The van der Waals surface area contributed by atoms with Crippen molar-refractivity contribution in [2.24, 2.45) is 0 Å².